The molecular weight excluding hydrogens is 300 g/mol. The van der Waals surface area contributed by atoms with Gasteiger partial charge in [0, 0.05) is 25.2 Å². The maximum atomic E-state index is 13.3. The van der Waals surface area contributed by atoms with Crippen molar-refractivity contribution in [2.75, 3.05) is 0 Å². The summed E-state index contributed by atoms with van der Waals surface area (Å²) in [7, 11) is 0. The van der Waals surface area contributed by atoms with Gasteiger partial charge in [-0.05, 0) is 66.6 Å². The van der Waals surface area contributed by atoms with Crippen LogP contribution in [0.15, 0.2) is 0 Å². The van der Waals surface area contributed by atoms with E-state index in [1.54, 1.807) is 0 Å². The molecule has 136 valence electrons. The van der Waals surface area contributed by atoms with E-state index in [9.17, 15) is 15.0 Å². The third-order valence-corrected chi connectivity index (χ3v) is 9.07. The summed E-state index contributed by atoms with van der Waals surface area (Å²) in [6.07, 6.45) is 8.42. The van der Waals surface area contributed by atoms with Gasteiger partial charge in [-0.1, -0.05) is 27.2 Å². The van der Waals surface area contributed by atoms with Gasteiger partial charge in [0.15, 0.2) is 5.79 Å². The molecule has 0 aliphatic heterocycles. The molecule has 4 rings (SSSR count). The van der Waals surface area contributed by atoms with Gasteiger partial charge in [-0.2, -0.15) is 0 Å². The minimum absolute atomic E-state index is 0.0133. The standard InChI is InChI=1S/C21H34O3/c1-4-13-6-8-16-15-7-5-14-11-21(23,24)10-9-19(14,2)18(15)17(22)12-20(13,16)3/h13-16,18,23-24H,4-12H2,1-3H3/t13-,14?,15-,16-,18+,19-,20+/m0/s1. The molecular formula is C21H34O3. The first-order valence-electron chi connectivity index (χ1n) is 10.2. The third-order valence-electron chi connectivity index (χ3n) is 9.07. The lowest BCUT2D eigenvalue weighted by Crippen LogP contribution is -2.59. The fourth-order valence-corrected chi connectivity index (χ4v) is 7.81. The van der Waals surface area contributed by atoms with Crippen LogP contribution in [0.25, 0.3) is 0 Å². The van der Waals surface area contributed by atoms with Crippen molar-refractivity contribution in [3.8, 4) is 0 Å². The van der Waals surface area contributed by atoms with E-state index in [1.165, 1.54) is 19.3 Å². The van der Waals surface area contributed by atoms with Crippen LogP contribution in [0, 0.1) is 40.4 Å². The van der Waals surface area contributed by atoms with Gasteiger partial charge in [-0.3, -0.25) is 4.79 Å². The van der Waals surface area contributed by atoms with Gasteiger partial charge in [0.25, 0.3) is 0 Å². The first-order chi connectivity index (χ1) is 11.2. The molecule has 0 radical (unpaired) electrons. The van der Waals surface area contributed by atoms with E-state index >= 15 is 0 Å². The second-order valence-electron chi connectivity index (χ2n) is 10.0. The second-order valence-corrected chi connectivity index (χ2v) is 10.0. The van der Waals surface area contributed by atoms with Gasteiger partial charge < -0.3 is 10.2 Å². The van der Waals surface area contributed by atoms with Gasteiger partial charge in [0.05, 0.1) is 0 Å². The fraction of sp³-hybridized carbons (Fsp3) is 0.952. The summed E-state index contributed by atoms with van der Waals surface area (Å²) in [5.41, 5.74) is 0.211. The Hall–Kier alpha value is -0.410. The zero-order valence-corrected chi connectivity index (χ0v) is 15.6. The van der Waals surface area contributed by atoms with E-state index in [0.29, 0.717) is 42.3 Å². The molecule has 4 saturated carbocycles. The molecule has 3 nitrogen and oxygen atoms in total. The Balaban J connectivity index is 1.67. The van der Waals surface area contributed by atoms with E-state index in [2.05, 4.69) is 20.8 Å². The Morgan fingerprint density at radius 1 is 1.04 bits per heavy atom. The van der Waals surface area contributed by atoms with Crippen molar-refractivity contribution in [1.29, 1.82) is 0 Å². The van der Waals surface area contributed by atoms with Gasteiger partial charge in [-0.25, -0.2) is 0 Å². The normalized spacial score (nSPS) is 53.2. The number of rotatable bonds is 1. The first kappa shape index (κ1) is 17.0. The molecule has 2 N–H and O–H groups in total. The van der Waals surface area contributed by atoms with E-state index in [1.807, 2.05) is 0 Å². The van der Waals surface area contributed by atoms with Crippen LogP contribution in [0.4, 0.5) is 0 Å². The number of fused-ring (bicyclic) bond motifs is 5. The Morgan fingerprint density at radius 2 is 1.79 bits per heavy atom. The molecule has 4 aliphatic carbocycles. The van der Waals surface area contributed by atoms with Crippen LogP contribution >= 0.6 is 0 Å². The molecule has 0 aromatic rings. The lowest BCUT2D eigenvalue weighted by molar-refractivity contribution is -0.231. The minimum Gasteiger partial charge on any atom is -0.366 e. The summed E-state index contributed by atoms with van der Waals surface area (Å²) in [6.45, 7) is 6.97. The molecule has 0 aromatic heterocycles. The summed E-state index contributed by atoms with van der Waals surface area (Å²) in [4.78, 5) is 13.3. The topological polar surface area (TPSA) is 57.5 Å². The van der Waals surface area contributed by atoms with E-state index in [0.717, 1.165) is 25.7 Å². The van der Waals surface area contributed by atoms with Gasteiger partial charge in [0.2, 0.25) is 0 Å². The van der Waals surface area contributed by atoms with Crippen LogP contribution < -0.4 is 0 Å². The summed E-state index contributed by atoms with van der Waals surface area (Å²) < 4.78 is 0. The SMILES string of the molecule is CC[C@H]1CC[C@H]2[C@@H]3CCC4CC(O)(O)CC[C@]4(C)[C@H]3C(=O)C[C@]12C. The molecule has 4 aliphatic rings. The number of ketones is 1. The van der Waals surface area contributed by atoms with Crippen LogP contribution in [-0.4, -0.2) is 21.8 Å². The van der Waals surface area contributed by atoms with Crippen molar-refractivity contribution in [1.82, 2.24) is 0 Å². The van der Waals surface area contributed by atoms with E-state index < -0.39 is 5.79 Å². The van der Waals surface area contributed by atoms with E-state index in [4.69, 9.17) is 0 Å². The number of carbonyl (C=O) groups excluding carboxylic acids is 1. The maximum absolute atomic E-state index is 13.3. The Kier molecular flexibility index (Phi) is 3.76. The molecule has 0 amide bonds. The third kappa shape index (κ3) is 2.19. The maximum Gasteiger partial charge on any atom is 0.162 e. The average Bonchev–Trinajstić information content (AvgIpc) is 2.83. The second kappa shape index (κ2) is 5.30. The van der Waals surface area contributed by atoms with Gasteiger partial charge in [0.1, 0.15) is 5.78 Å². The molecule has 0 spiro atoms. The summed E-state index contributed by atoms with van der Waals surface area (Å²) in [6, 6.07) is 0. The largest absolute Gasteiger partial charge is 0.366 e. The van der Waals surface area contributed by atoms with Crippen LogP contribution in [0.3, 0.4) is 0 Å². The van der Waals surface area contributed by atoms with Crippen LogP contribution in [0.5, 0.6) is 0 Å². The summed E-state index contributed by atoms with van der Waals surface area (Å²) in [5, 5.41) is 20.2. The van der Waals surface area contributed by atoms with Crippen molar-refractivity contribution in [3.63, 3.8) is 0 Å². The van der Waals surface area contributed by atoms with Crippen molar-refractivity contribution in [2.24, 2.45) is 40.4 Å². The molecule has 7 atom stereocenters. The summed E-state index contributed by atoms with van der Waals surface area (Å²) in [5.74, 6) is 1.41. The molecule has 1 unspecified atom stereocenters. The fourth-order valence-electron chi connectivity index (χ4n) is 7.81. The lowest BCUT2D eigenvalue weighted by atomic mass is 9.44. The van der Waals surface area contributed by atoms with Crippen LogP contribution in [-0.2, 0) is 4.79 Å². The minimum atomic E-state index is -1.51. The number of aliphatic hydroxyl groups is 2. The summed E-state index contributed by atoms with van der Waals surface area (Å²) >= 11 is 0. The molecule has 4 fully saturated rings. The van der Waals surface area contributed by atoms with Gasteiger partial charge in [-0.15, -0.1) is 0 Å². The monoisotopic (exact) mass is 334 g/mol. The predicted molar refractivity (Wildman–Crippen MR) is 93.1 cm³/mol. The molecule has 0 saturated heterocycles. The highest BCUT2D eigenvalue weighted by Gasteiger charge is 2.63. The van der Waals surface area contributed by atoms with Crippen molar-refractivity contribution in [2.45, 2.75) is 84.3 Å². The first-order valence-corrected chi connectivity index (χ1v) is 10.2. The number of hydrogen-bond acceptors (Lipinski definition) is 3. The molecule has 0 bridgehead atoms. The van der Waals surface area contributed by atoms with Gasteiger partial charge >= 0.3 is 0 Å². The Morgan fingerprint density at radius 3 is 2.50 bits per heavy atom. The predicted octanol–water partition coefficient (Wildman–Crippen LogP) is 3.92. The van der Waals surface area contributed by atoms with Crippen molar-refractivity contribution >= 4 is 5.78 Å². The number of Topliss-reactive ketones (excluding diaryl/α,β-unsaturated/α-hetero) is 1. The quantitative estimate of drug-likeness (QED) is 0.715. The van der Waals surface area contributed by atoms with E-state index in [-0.39, 0.29) is 16.7 Å². The molecule has 0 aromatic carbocycles. The molecule has 0 heterocycles. The Labute approximate surface area is 146 Å². The van der Waals surface area contributed by atoms with Crippen molar-refractivity contribution < 1.29 is 15.0 Å². The highest BCUT2D eigenvalue weighted by atomic mass is 16.5. The zero-order valence-electron chi connectivity index (χ0n) is 15.6. The highest BCUT2D eigenvalue weighted by Crippen LogP contribution is 2.67. The Bertz CT molecular complexity index is 541. The lowest BCUT2D eigenvalue weighted by Gasteiger charge is -2.60. The molecule has 3 heteroatoms. The highest BCUT2D eigenvalue weighted by molar-refractivity contribution is 5.84. The smallest absolute Gasteiger partial charge is 0.162 e. The van der Waals surface area contributed by atoms with Crippen LogP contribution in [0.1, 0.15) is 78.6 Å². The van der Waals surface area contributed by atoms with Crippen molar-refractivity contribution in [3.05, 3.63) is 0 Å². The number of hydrogen-bond donors (Lipinski definition) is 2. The average molecular weight is 335 g/mol. The molecule has 24 heavy (non-hydrogen) atoms. The number of carbonyl (C=O) groups is 1. The zero-order chi connectivity index (χ0) is 17.3. The van der Waals surface area contributed by atoms with Crippen LogP contribution in [0.2, 0.25) is 0 Å².